The molecule has 6 nitrogen and oxygen atoms in total. The molecular formula is C21H22N2O4. The van der Waals surface area contributed by atoms with E-state index in [0.29, 0.717) is 23.5 Å². The zero-order valence-electron chi connectivity index (χ0n) is 15.8. The SMILES string of the molecule is Cc1cc(CC(C)C)c2c(c1C)C(=O)N(NC(=O)c1ccccc1O)C2=O. The third kappa shape index (κ3) is 3.18. The molecule has 1 aliphatic heterocycles. The van der Waals surface area contributed by atoms with Gasteiger partial charge in [-0.05, 0) is 55.0 Å². The molecule has 0 aromatic heterocycles. The number of fused-ring (bicyclic) bond motifs is 1. The first-order chi connectivity index (χ1) is 12.7. The van der Waals surface area contributed by atoms with Gasteiger partial charge in [-0.25, -0.2) is 0 Å². The van der Waals surface area contributed by atoms with Crippen LogP contribution in [0.4, 0.5) is 0 Å². The number of hydrazine groups is 1. The Morgan fingerprint density at radius 1 is 1.11 bits per heavy atom. The number of imide groups is 1. The molecule has 3 rings (SSSR count). The second-order valence-electron chi connectivity index (χ2n) is 7.23. The number of phenolic OH excluding ortho intramolecular Hbond substituents is 1. The number of phenols is 1. The minimum atomic E-state index is -0.720. The van der Waals surface area contributed by atoms with Crippen molar-refractivity contribution in [2.75, 3.05) is 0 Å². The predicted octanol–water partition coefficient (Wildman–Crippen LogP) is 3.15. The van der Waals surface area contributed by atoms with Crippen LogP contribution >= 0.6 is 0 Å². The van der Waals surface area contributed by atoms with E-state index in [2.05, 4.69) is 5.43 Å². The summed E-state index contributed by atoms with van der Waals surface area (Å²) in [5, 5.41) is 10.6. The summed E-state index contributed by atoms with van der Waals surface area (Å²) in [6.45, 7) is 7.79. The van der Waals surface area contributed by atoms with Crippen molar-refractivity contribution in [3.05, 3.63) is 63.7 Å². The minimum absolute atomic E-state index is 0.00985. The lowest BCUT2D eigenvalue weighted by Crippen LogP contribution is -2.46. The second kappa shape index (κ2) is 6.87. The largest absolute Gasteiger partial charge is 0.507 e. The summed E-state index contributed by atoms with van der Waals surface area (Å²) in [6, 6.07) is 7.89. The molecule has 0 fully saturated rings. The van der Waals surface area contributed by atoms with E-state index in [1.54, 1.807) is 19.1 Å². The van der Waals surface area contributed by atoms with Crippen molar-refractivity contribution in [2.45, 2.75) is 34.1 Å². The molecule has 0 radical (unpaired) electrons. The quantitative estimate of drug-likeness (QED) is 0.814. The lowest BCUT2D eigenvalue weighted by molar-refractivity contribution is 0.0516. The molecule has 2 aromatic carbocycles. The topological polar surface area (TPSA) is 86.7 Å². The maximum Gasteiger partial charge on any atom is 0.280 e. The van der Waals surface area contributed by atoms with Gasteiger partial charge >= 0.3 is 0 Å². The number of hydrogen-bond donors (Lipinski definition) is 2. The van der Waals surface area contributed by atoms with Gasteiger partial charge in [0.2, 0.25) is 0 Å². The van der Waals surface area contributed by atoms with Crippen LogP contribution in [0.3, 0.4) is 0 Å². The van der Waals surface area contributed by atoms with Gasteiger partial charge in [0.05, 0.1) is 16.7 Å². The van der Waals surface area contributed by atoms with E-state index in [0.717, 1.165) is 21.7 Å². The molecule has 1 aliphatic rings. The van der Waals surface area contributed by atoms with Crippen LogP contribution in [0.2, 0.25) is 0 Å². The maximum atomic E-state index is 13.0. The highest BCUT2D eigenvalue weighted by Crippen LogP contribution is 2.32. The smallest absolute Gasteiger partial charge is 0.280 e. The lowest BCUT2D eigenvalue weighted by atomic mass is 9.90. The normalized spacial score (nSPS) is 13.3. The molecule has 0 bridgehead atoms. The fraction of sp³-hybridized carbons (Fsp3) is 0.286. The van der Waals surface area contributed by atoms with Crippen LogP contribution in [0, 0.1) is 19.8 Å². The summed E-state index contributed by atoms with van der Waals surface area (Å²) >= 11 is 0. The van der Waals surface area contributed by atoms with E-state index in [1.165, 1.54) is 12.1 Å². The molecule has 0 unspecified atom stereocenters. The summed E-state index contributed by atoms with van der Waals surface area (Å²) in [5.41, 5.74) is 5.50. The fourth-order valence-electron chi connectivity index (χ4n) is 3.34. The van der Waals surface area contributed by atoms with Gasteiger partial charge in [-0.2, -0.15) is 5.01 Å². The minimum Gasteiger partial charge on any atom is -0.507 e. The van der Waals surface area contributed by atoms with E-state index >= 15 is 0 Å². The van der Waals surface area contributed by atoms with Crippen molar-refractivity contribution in [1.29, 1.82) is 0 Å². The molecule has 3 amide bonds. The summed E-state index contributed by atoms with van der Waals surface area (Å²) in [7, 11) is 0. The van der Waals surface area contributed by atoms with Crippen LogP contribution in [0.5, 0.6) is 5.75 Å². The molecule has 0 spiro atoms. The Morgan fingerprint density at radius 3 is 2.37 bits per heavy atom. The molecule has 1 heterocycles. The number of nitrogens with one attached hydrogen (secondary N) is 1. The third-order valence-corrected chi connectivity index (χ3v) is 4.75. The molecule has 0 aliphatic carbocycles. The zero-order valence-corrected chi connectivity index (χ0v) is 15.8. The number of para-hydroxylation sites is 1. The monoisotopic (exact) mass is 366 g/mol. The van der Waals surface area contributed by atoms with Gasteiger partial charge in [0.1, 0.15) is 5.75 Å². The zero-order chi connectivity index (χ0) is 19.9. The highest BCUT2D eigenvalue weighted by molar-refractivity contribution is 6.23. The number of benzene rings is 2. The van der Waals surface area contributed by atoms with Crippen molar-refractivity contribution in [2.24, 2.45) is 5.92 Å². The van der Waals surface area contributed by atoms with Crippen molar-refractivity contribution >= 4 is 17.7 Å². The van der Waals surface area contributed by atoms with Crippen LogP contribution < -0.4 is 5.43 Å². The summed E-state index contributed by atoms with van der Waals surface area (Å²) in [4.78, 5) is 38.3. The van der Waals surface area contributed by atoms with E-state index in [-0.39, 0.29) is 11.3 Å². The van der Waals surface area contributed by atoms with Gasteiger partial charge < -0.3 is 5.11 Å². The van der Waals surface area contributed by atoms with E-state index in [9.17, 15) is 19.5 Å². The number of aromatic hydroxyl groups is 1. The van der Waals surface area contributed by atoms with E-state index in [4.69, 9.17) is 0 Å². The van der Waals surface area contributed by atoms with E-state index < -0.39 is 17.7 Å². The van der Waals surface area contributed by atoms with Gasteiger partial charge in [0.15, 0.2) is 0 Å². The Kier molecular flexibility index (Phi) is 4.74. The van der Waals surface area contributed by atoms with Crippen LogP contribution in [-0.2, 0) is 6.42 Å². The molecule has 0 atom stereocenters. The van der Waals surface area contributed by atoms with Gasteiger partial charge in [-0.15, -0.1) is 0 Å². The van der Waals surface area contributed by atoms with Crippen LogP contribution in [0.15, 0.2) is 30.3 Å². The first kappa shape index (κ1) is 18.6. The summed E-state index contributed by atoms with van der Waals surface area (Å²) < 4.78 is 0. The number of nitrogens with zero attached hydrogens (tertiary/aromatic N) is 1. The third-order valence-electron chi connectivity index (χ3n) is 4.75. The second-order valence-corrected chi connectivity index (χ2v) is 7.23. The maximum absolute atomic E-state index is 13.0. The number of carbonyl (C=O) groups excluding carboxylic acids is 3. The van der Waals surface area contributed by atoms with Gasteiger partial charge in [0.25, 0.3) is 17.7 Å². The molecule has 6 heteroatoms. The van der Waals surface area contributed by atoms with Crippen molar-refractivity contribution < 1.29 is 19.5 Å². The van der Waals surface area contributed by atoms with Crippen LogP contribution in [-0.4, -0.2) is 27.8 Å². The predicted molar refractivity (Wildman–Crippen MR) is 101 cm³/mol. The van der Waals surface area contributed by atoms with Gasteiger partial charge in [0, 0.05) is 0 Å². The van der Waals surface area contributed by atoms with Crippen LogP contribution in [0.25, 0.3) is 0 Å². The molecular weight excluding hydrogens is 344 g/mol. The molecule has 0 saturated carbocycles. The Balaban J connectivity index is 2.00. The number of aryl methyl sites for hydroxylation is 1. The molecule has 0 saturated heterocycles. The Bertz CT molecular complexity index is 963. The summed E-state index contributed by atoms with van der Waals surface area (Å²) in [5.74, 6) is -1.73. The van der Waals surface area contributed by atoms with Crippen LogP contribution in [0.1, 0.15) is 61.6 Å². The number of amides is 3. The number of carbonyl (C=O) groups is 3. The standard InChI is InChI=1S/C21H22N2O4/c1-11(2)9-14-10-12(3)13(4)17-18(14)21(27)23(20(17)26)22-19(25)15-7-5-6-8-16(15)24/h5-8,10-11,24H,9H2,1-4H3,(H,22,25). The fourth-order valence-corrected chi connectivity index (χ4v) is 3.34. The number of hydrogen-bond acceptors (Lipinski definition) is 4. The highest BCUT2D eigenvalue weighted by Gasteiger charge is 2.40. The van der Waals surface area contributed by atoms with E-state index in [1.807, 2.05) is 26.8 Å². The number of rotatable bonds is 4. The Morgan fingerprint density at radius 2 is 1.74 bits per heavy atom. The lowest BCUT2D eigenvalue weighted by Gasteiger charge is -2.15. The first-order valence-corrected chi connectivity index (χ1v) is 8.83. The molecule has 2 aromatic rings. The average Bonchev–Trinajstić information content (AvgIpc) is 2.84. The average molecular weight is 366 g/mol. The van der Waals surface area contributed by atoms with Gasteiger partial charge in [-0.3, -0.25) is 19.8 Å². The van der Waals surface area contributed by atoms with Crippen molar-refractivity contribution in [1.82, 2.24) is 10.4 Å². The summed E-state index contributed by atoms with van der Waals surface area (Å²) in [6.07, 6.45) is 0.656. The van der Waals surface area contributed by atoms with Crippen molar-refractivity contribution in [3.8, 4) is 5.75 Å². The highest BCUT2D eigenvalue weighted by atomic mass is 16.3. The van der Waals surface area contributed by atoms with Gasteiger partial charge in [-0.1, -0.05) is 32.0 Å². The Hall–Kier alpha value is -3.15. The Labute approximate surface area is 157 Å². The first-order valence-electron chi connectivity index (χ1n) is 8.83. The molecule has 140 valence electrons. The van der Waals surface area contributed by atoms with Crippen molar-refractivity contribution in [3.63, 3.8) is 0 Å². The molecule has 27 heavy (non-hydrogen) atoms. The molecule has 2 N–H and O–H groups in total.